The molecule has 0 bridgehead atoms. The Balaban J connectivity index is 0.000000392. The standard InChI is InChI=1S/C22H18FNO4.C4H10N2O2/c1-13(27-18-8-6-15(7-9-18)22(26)14-2-3-14)21-11-20(24-28-21)16-4-5-17(12-25)19(23)10-16;1-6-3(2-7)4(5)8/h4-14H,2-3H2,1H3;3,6-7H,2H2,1H3,(H2,5,8). The molecule has 4 rings (SSSR count). The number of ether oxygens (including phenoxy) is 1. The Morgan fingerprint density at radius 1 is 1.25 bits per heavy atom. The summed E-state index contributed by atoms with van der Waals surface area (Å²) in [6.45, 7) is 1.56. The summed E-state index contributed by atoms with van der Waals surface area (Å²) >= 11 is 0. The minimum atomic E-state index is -0.609. The molecule has 9 nitrogen and oxygen atoms in total. The number of halogens is 1. The molecule has 36 heavy (non-hydrogen) atoms. The Morgan fingerprint density at radius 2 is 1.94 bits per heavy atom. The van der Waals surface area contributed by atoms with Crippen molar-refractivity contribution in [1.29, 1.82) is 0 Å². The molecule has 0 aliphatic heterocycles. The summed E-state index contributed by atoms with van der Waals surface area (Å²) in [5.74, 6) is 0.320. The molecule has 2 unspecified atom stereocenters. The highest BCUT2D eigenvalue weighted by atomic mass is 19.1. The maximum absolute atomic E-state index is 13.8. The third-order valence-electron chi connectivity index (χ3n) is 5.63. The van der Waals surface area contributed by atoms with E-state index in [1.165, 1.54) is 12.1 Å². The number of likely N-dealkylation sites (N-methyl/N-ethyl adjacent to an activating group) is 1. The lowest BCUT2D eigenvalue weighted by Crippen LogP contribution is -2.41. The zero-order chi connectivity index (χ0) is 26.2. The van der Waals surface area contributed by atoms with Crippen LogP contribution >= 0.6 is 0 Å². The van der Waals surface area contributed by atoms with Crippen LogP contribution in [0.5, 0.6) is 5.75 Å². The number of nitrogens with two attached hydrogens (primary N) is 1. The first-order chi connectivity index (χ1) is 17.3. The molecule has 0 radical (unpaired) electrons. The van der Waals surface area contributed by atoms with Crippen molar-refractivity contribution in [3.63, 3.8) is 0 Å². The van der Waals surface area contributed by atoms with Crippen molar-refractivity contribution in [2.75, 3.05) is 13.7 Å². The average Bonchev–Trinajstić information content (AvgIpc) is 3.60. The summed E-state index contributed by atoms with van der Waals surface area (Å²) in [6, 6.07) is 12.4. The van der Waals surface area contributed by atoms with E-state index < -0.39 is 23.9 Å². The van der Waals surface area contributed by atoms with E-state index in [0.29, 0.717) is 34.6 Å². The van der Waals surface area contributed by atoms with Gasteiger partial charge in [0, 0.05) is 23.1 Å². The number of benzene rings is 2. The Kier molecular flexibility index (Phi) is 9.04. The minimum absolute atomic E-state index is 0.00668. The van der Waals surface area contributed by atoms with Gasteiger partial charge in [0.2, 0.25) is 5.91 Å². The third-order valence-corrected chi connectivity index (χ3v) is 5.63. The number of primary amides is 1. The molecule has 10 heteroatoms. The smallest absolute Gasteiger partial charge is 0.236 e. The maximum Gasteiger partial charge on any atom is 0.236 e. The molecule has 1 amide bonds. The summed E-state index contributed by atoms with van der Waals surface area (Å²) in [6.07, 6.45) is 1.99. The number of ketones is 1. The normalized spacial score (nSPS) is 14.2. The largest absolute Gasteiger partial charge is 0.483 e. The third kappa shape index (κ3) is 6.83. The van der Waals surface area contributed by atoms with Crippen molar-refractivity contribution in [2.24, 2.45) is 11.7 Å². The predicted octanol–water partition coefficient (Wildman–Crippen LogP) is 3.08. The second kappa shape index (κ2) is 12.2. The van der Waals surface area contributed by atoms with Crippen LogP contribution in [0.3, 0.4) is 0 Å². The number of aromatic nitrogens is 1. The summed E-state index contributed by atoms with van der Waals surface area (Å²) in [7, 11) is 1.56. The highest BCUT2D eigenvalue weighted by Gasteiger charge is 2.30. The monoisotopic (exact) mass is 497 g/mol. The number of nitrogens with zero attached hydrogens (tertiary/aromatic N) is 1. The quantitative estimate of drug-likeness (QED) is 0.286. The van der Waals surface area contributed by atoms with Crippen LogP contribution in [-0.2, 0) is 4.79 Å². The van der Waals surface area contributed by atoms with E-state index in [1.807, 2.05) is 6.92 Å². The van der Waals surface area contributed by atoms with E-state index in [4.69, 9.17) is 20.1 Å². The number of aliphatic hydroxyl groups excluding tert-OH is 1. The lowest BCUT2D eigenvalue weighted by molar-refractivity contribution is -0.120. The SMILES string of the molecule is CC(Oc1ccc(C(=O)C2CC2)cc1)c1cc(-c2ccc(C=O)c(F)c2)no1.CNC(CO)C(N)=O. The first-order valence-corrected chi connectivity index (χ1v) is 11.4. The molecule has 0 spiro atoms. The Bertz CT molecular complexity index is 1200. The second-order valence-corrected chi connectivity index (χ2v) is 8.32. The van der Waals surface area contributed by atoms with Crippen molar-refractivity contribution in [1.82, 2.24) is 10.5 Å². The van der Waals surface area contributed by atoms with E-state index in [0.717, 1.165) is 12.8 Å². The van der Waals surface area contributed by atoms with Crippen LogP contribution in [-0.4, -0.2) is 47.9 Å². The zero-order valence-corrected chi connectivity index (χ0v) is 19.9. The zero-order valence-electron chi connectivity index (χ0n) is 19.9. The van der Waals surface area contributed by atoms with Crippen LogP contribution in [0.1, 0.15) is 52.3 Å². The summed E-state index contributed by atoms with van der Waals surface area (Å²) in [5, 5.41) is 14.8. The molecular weight excluding hydrogens is 469 g/mol. The molecule has 190 valence electrons. The second-order valence-electron chi connectivity index (χ2n) is 8.32. The molecule has 2 atom stereocenters. The van der Waals surface area contributed by atoms with Crippen LogP contribution < -0.4 is 15.8 Å². The fraction of sp³-hybridized carbons (Fsp3) is 0.308. The predicted molar refractivity (Wildman–Crippen MR) is 129 cm³/mol. The number of Topliss-reactive ketones (excluding diaryl/α,β-unsaturated/α-hetero) is 1. The van der Waals surface area contributed by atoms with Crippen LogP contribution in [0.2, 0.25) is 0 Å². The molecule has 1 fully saturated rings. The number of carbonyl (C=O) groups excluding carboxylic acids is 3. The van der Waals surface area contributed by atoms with Gasteiger partial charge in [-0.15, -0.1) is 0 Å². The lowest BCUT2D eigenvalue weighted by atomic mass is 10.1. The van der Waals surface area contributed by atoms with E-state index in [1.54, 1.807) is 43.4 Å². The number of hydrogen-bond acceptors (Lipinski definition) is 8. The van der Waals surface area contributed by atoms with Gasteiger partial charge in [0.15, 0.2) is 23.9 Å². The van der Waals surface area contributed by atoms with Crippen LogP contribution in [0.4, 0.5) is 4.39 Å². The highest BCUT2D eigenvalue weighted by molar-refractivity contribution is 5.99. The van der Waals surface area contributed by atoms with Gasteiger partial charge in [-0.2, -0.15) is 0 Å². The van der Waals surface area contributed by atoms with Gasteiger partial charge < -0.3 is 25.4 Å². The number of amides is 1. The summed E-state index contributed by atoms with van der Waals surface area (Å²) in [5.41, 5.74) is 6.45. The molecule has 4 N–H and O–H groups in total. The van der Waals surface area contributed by atoms with Gasteiger partial charge in [-0.05, 0) is 63.2 Å². The van der Waals surface area contributed by atoms with Crippen LogP contribution in [0.25, 0.3) is 11.3 Å². The van der Waals surface area contributed by atoms with Gasteiger partial charge in [0.25, 0.3) is 0 Å². The van der Waals surface area contributed by atoms with E-state index in [9.17, 15) is 18.8 Å². The molecule has 1 heterocycles. The van der Waals surface area contributed by atoms with Gasteiger partial charge in [0.1, 0.15) is 23.3 Å². The fourth-order valence-electron chi connectivity index (χ4n) is 3.26. The van der Waals surface area contributed by atoms with Gasteiger partial charge in [-0.3, -0.25) is 14.4 Å². The van der Waals surface area contributed by atoms with E-state index in [2.05, 4.69) is 10.5 Å². The van der Waals surface area contributed by atoms with Gasteiger partial charge in [-0.1, -0.05) is 11.2 Å². The number of aldehydes is 1. The Labute approximate surface area is 207 Å². The summed E-state index contributed by atoms with van der Waals surface area (Å²) in [4.78, 5) is 32.9. The van der Waals surface area contributed by atoms with Crippen molar-refractivity contribution in [3.05, 3.63) is 71.2 Å². The summed E-state index contributed by atoms with van der Waals surface area (Å²) < 4.78 is 25.0. The number of nitrogens with one attached hydrogen (secondary N) is 1. The van der Waals surface area contributed by atoms with Gasteiger partial charge in [-0.25, -0.2) is 4.39 Å². The Morgan fingerprint density at radius 3 is 2.44 bits per heavy atom. The molecular formula is C26H28FN3O6. The first kappa shape index (κ1) is 26.7. The Hall–Kier alpha value is -3.89. The van der Waals surface area contributed by atoms with Crippen molar-refractivity contribution in [3.8, 4) is 17.0 Å². The van der Waals surface area contributed by atoms with Crippen molar-refractivity contribution >= 4 is 18.0 Å². The van der Waals surface area contributed by atoms with Gasteiger partial charge in [0.05, 0.1) is 12.2 Å². The number of aliphatic hydroxyl groups is 1. The molecule has 1 aliphatic carbocycles. The topological polar surface area (TPSA) is 145 Å². The average molecular weight is 498 g/mol. The van der Waals surface area contributed by atoms with E-state index in [-0.39, 0.29) is 23.9 Å². The number of carbonyl (C=O) groups is 3. The van der Waals surface area contributed by atoms with Crippen molar-refractivity contribution in [2.45, 2.75) is 31.9 Å². The first-order valence-electron chi connectivity index (χ1n) is 11.4. The molecule has 2 aromatic carbocycles. The van der Waals surface area contributed by atoms with Gasteiger partial charge >= 0.3 is 0 Å². The fourth-order valence-corrected chi connectivity index (χ4v) is 3.26. The number of hydrogen-bond donors (Lipinski definition) is 3. The van der Waals surface area contributed by atoms with Crippen molar-refractivity contribution < 1.29 is 33.1 Å². The van der Waals surface area contributed by atoms with E-state index >= 15 is 0 Å². The lowest BCUT2D eigenvalue weighted by Gasteiger charge is -2.11. The minimum Gasteiger partial charge on any atom is -0.483 e. The van der Waals surface area contributed by atoms with Crippen LogP contribution in [0, 0.1) is 11.7 Å². The highest BCUT2D eigenvalue weighted by Crippen LogP contribution is 2.33. The maximum atomic E-state index is 13.8. The molecule has 1 aliphatic rings. The van der Waals surface area contributed by atoms with Crippen LogP contribution in [0.15, 0.2) is 53.1 Å². The number of rotatable bonds is 10. The molecule has 0 saturated heterocycles. The molecule has 1 saturated carbocycles. The molecule has 3 aromatic rings. The molecule has 1 aromatic heterocycles.